The number of carbonyl (C=O) groups excluding carboxylic acids is 1. The smallest absolute Gasteiger partial charge is 0.341 e. The molecule has 1 heterocycles. The van der Waals surface area contributed by atoms with E-state index < -0.39 is 12.6 Å². The van der Waals surface area contributed by atoms with Crippen LogP contribution in [0, 0.1) is 0 Å². The number of aromatic nitrogens is 1. The van der Waals surface area contributed by atoms with Crippen molar-refractivity contribution in [2.24, 2.45) is 5.10 Å². The van der Waals surface area contributed by atoms with Crippen LogP contribution in [0.2, 0.25) is 0 Å². The summed E-state index contributed by atoms with van der Waals surface area (Å²) in [6.07, 6.45) is 1.47. The summed E-state index contributed by atoms with van der Waals surface area (Å²) in [5, 5.41) is 13.7. The fourth-order valence-electron chi connectivity index (χ4n) is 3.55. The van der Waals surface area contributed by atoms with Gasteiger partial charge >= 0.3 is 5.97 Å². The van der Waals surface area contributed by atoms with Crippen LogP contribution in [0.4, 0.5) is 0 Å². The molecule has 2 N–H and O–H groups in total. The minimum Gasteiger partial charge on any atom is -0.490 e. The molecule has 9 heteroatoms. The Bertz CT molecular complexity index is 1440. The number of benzene rings is 3. The number of nitrogens with zero attached hydrogens (tertiary/aromatic N) is 2. The molecule has 0 aliphatic rings. The molecule has 0 saturated heterocycles. The summed E-state index contributed by atoms with van der Waals surface area (Å²) in [5.41, 5.74) is 5.93. The van der Waals surface area contributed by atoms with Gasteiger partial charge in [-0.25, -0.2) is 15.2 Å². The fraction of sp³-hybridized carbons (Fsp3) is 0.111. The van der Waals surface area contributed by atoms with E-state index in [-0.39, 0.29) is 11.7 Å². The second-order valence-electron chi connectivity index (χ2n) is 7.58. The number of hydrogen-bond acceptors (Lipinski definition) is 6. The van der Waals surface area contributed by atoms with Crippen LogP contribution in [0.5, 0.6) is 11.5 Å². The van der Waals surface area contributed by atoms with E-state index in [2.05, 4.69) is 26.5 Å². The molecule has 8 nitrogen and oxygen atoms in total. The maximum absolute atomic E-state index is 13.1. The van der Waals surface area contributed by atoms with Gasteiger partial charge in [-0.15, -0.1) is 0 Å². The number of pyridine rings is 1. The molecule has 0 aliphatic heterocycles. The van der Waals surface area contributed by atoms with Gasteiger partial charge in [0.2, 0.25) is 0 Å². The van der Waals surface area contributed by atoms with Crippen molar-refractivity contribution in [2.75, 3.05) is 13.2 Å². The van der Waals surface area contributed by atoms with Crippen molar-refractivity contribution >= 4 is 44.9 Å². The van der Waals surface area contributed by atoms with Gasteiger partial charge in [-0.1, -0.05) is 48.5 Å². The van der Waals surface area contributed by atoms with Crippen molar-refractivity contribution in [2.45, 2.75) is 6.92 Å². The first-order valence-corrected chi connectivity index (χ1v) is 11.8. The van der Waals surface area contributed by atoms with E-state index >= 15 is 0 Å². The summed E-state index contributed by atoms with van der Waals surface area (Å²) in [6.45, 7) is 1.65. The van der Waals surface area contributed by atoms with Crippen LogP contribution >= 0.6 is 15.9 Å². The molecule has 0 bridgehead atoms. The third-order valence-corrected chi connectivity index (χ3v) is 5.67. The number of carbonyl (C=O) groups is 2. The van der Waals surface area contributed by atoms with Gasteiger partial charge in [0.05, 0.1) is 34.1 Å². The molecule has 182 valence electrons. The Morgan fingerprint density at radius 1 is 1.06 bits per heavy atom. The summed E-state index contributed by atoms with van der Waals surface area (Å²) in [6, 6.07) is 22.2. The second kappa shape index (κ2) is 11.5. The Morgan fingerprint density at radius 3 is 2.56 bits per heavy atom. The standard InChI is InChI=1S/C27H22BrN3O5/c1-2-35-24-13-17(12-21(28)26(24)36-16-25(32)33)15-29-31-27(34)20-14-23(18-8-4-3-5-9-18)30-22-11-7-6-10-19(20)22/h3-15H,2,16H2,1H3,(H,31,34)(H,32,33)/b29-15+. The van der Waals surface area contributed by atoms with E-state index in [0.29, 0.717) is 44.6 Å². The van der Waals surface area contributed by atoms with E-state index in [1.807, 2.05) is 54.6 Å². The van der Waals surface area contributed by atoms with Crippen molar-refractivity contribution in [3.05, 3.63) is 88.4 Å². The monoisotopic (exact) mass is 547 g/mol. The summed E-state index contributed by atoms with van der Waals surface area (Å²) in [7, 11) is 0. The Hall–Kier alpha value is -4.24. The van der Waals surface area contributed by atoms with Gasteiger partial charge in [-0.3, -0.25) is 4.79 Å². The lowest BCUT2D eigenvalue weighted by atomic mass is 10.0. The van der Waals surface area contributed by atoms with Gasteiger partial charge < -0.3 is 14.6 Å². The predicted molar refractivity (Wildman–Crippen MR) is 141 cm³/mol. The highest BCUT2D eigenvalue weighted by atomic mass is 79.9. The van der Waals surface area contributed by atoms with Crippen LogP contribution in [0.3, 0.4) is 0 Å². The number of hydrogen-bond donors (Lipinski definition) is 2. The average Bonchev–Trinajstić information content (AvgIpc) is 2.88. The van der Waals surface area contributed by atoms with Gasteiger partial charge in [-0.05, 0) is 52.7 Å². The van der Waals surface area contributed by atoms with Gasteiger partial charge in [0.25, 0.3) is 5.91 Å². The third-order valence-electron chi connectivity index (χ3n) is 5.08. The highest BCUT2D eigenvalue weighted by molar-refractivity contribution is 9.10. The molecule has 0 unspecified atom stereocenters. The van der Waals surface area contributed by atoms with Gasteiger partial charge in [0, 0.05) is 10.9 Å². The number of carboxylic acid groups (broad SMARTS) is 1. The second-order valence-corrected chi connectivity index (χ2v) is 8.44. The number of ether oxygens (including phenoxy) is 2. The Labute approximate surface area is 215 Å². The van der Waals surface area contributed by atoms with Crippen molar-refractivity contribution in [3.8, 4) is 22.8 Å². The zero-order valence-electron chi connectivity index (χ0n) is 19.3. The van der Waals surface area contributed by atoms with E-state index in [1.165, 1.54) is 6.21 Å². The molecule has 0 radical (unpaired) electrons. The minimum absolute atomic E-state index is 0.275. The number of fused-ring (bicyclic) bond motifs is 1. The lowest BCUT2D eigenvalue weighted by Crippen LogP contribution is -2.18. The maximum Gasteiger partial charge on any atom is 0.341 e. The molecule has 0 atom stereocenters. The first kappa shape index (κ1) is 24.9. The number of carboxylic acids is 1. The summed E-state index contributed by atoms with van der Waals surface area (Å²) >= 11 is 3.38. The Balaban J connectivity index is 1.59. The van der Waals surface area contributed by atoms with Crippen molar-refractivity contribution in [3.63, 3.8) is 0 Å². The Morgan fingerprint density at radius 2 is 1.81 bits per heavy atom. The molecule has 3 aromatic carbocycles. The van der Waals surface area contributed by atoms with Crippen LogP contribution in [0.1, 0.15) is 22.8 Å². The summed E-state index contributed by atoms with van der Waals surface area (Å²) < 4.78 is 11.4. The van der Waals surface area contributed by atoms with Crippen molar-refractivity contribution in [1.82, 2.24) is 10.4 Å². The molecule has 0 fully saturated rings. The summed E-state index contributed by atoms with van der Waals surface area (Å²) in [5.74, 6) is -0.852. The molecule has 0 saturated carbocycles. The van der Waals surface area contributed by atoms with Crippen LogP contribution in [0.15, 0.2) is 82.4 Å². The highest BCUT2D eigenvalue weighted by Crippen LogP contribution is 2.36. The zero-order chi connectivity index (χ0) is 25.5. The zero-order valence-corrected chi connectivity index (χ0v) is 20.9. The average molecular weight is 548 g/mol. The molecule has 4 rings (SSSR count). The number of rotatable bonds is 9. The molecule has 1 aromatic heterocycles. The molecule has 4 aromatic rings. The van der Waals surface area contributed by atoms with Crippen LogP contribution in [-0.2, 0) is 4.79 Å². The lowest BCUT2D eigenvalue weighted by molar-refractivity contribution is -0.139. The molecular weight excluding hydrogens is 526 g/mol. The van der Waals surface area contributed by atoms with Gasteiger partial charge in [-0.2, -0.15) is 5.10 Å². The molecular formula is C27H22BrN3O5. The van der Waals surface area contributed by atoms with E-state index in [0.717, 1.165) is 5.56 Å². The molecule has 0 spiro atoms. The maximum atomic E-state index is 13.1. The Kier molecular flexibility index (Phi) is 7.92. The van der Waals surface area contributed by atoms with Crippen LogP contribution in [-0.4, -0.2) is 41.4 Å². The number of aliphatic carboxylic acids is 1. The van der Waals surface area contributed by atoms with Crippen molar-refractivity contribution < 1.29 is 24.2 Å². The third kappa shape index (κ3) is 5.87. The molecule has 36 heavy (non-hydrogen) atoms. The van der Waals surface area contributed by atoms with E-state index in [9.17, 15) is 9.59 Å². The number of para-hydroxylation sites is 1. The molecule has 0 aliphatic carbocycles. The first-order chi connectivity index (χ1) is 17.5. The van der Waals surface area contributed by atoms with Gasteiger partial charge in [0.1, 0.15) is 0 Å². The number of nitrogens with one attached hydrogen (secondary N) is 1. The quantitative estimate of drug-likeness (QED) is 0.217. The fourth-order valence-corrected chi connectivity index (χ4v) is 4.12. The number of hydrazone groups is 1. The SMILES string of the molecule is CCOc1cc(/C=N/NC(=O)c2cc(-c3ccccc3)nc3ccccc23)cc(Br)c1OCC(=O)O. The topological polar surface area (TPSA) is 110 Å². The largest absolute Gasteiger partial charge is 0.490 e. The lowest BCUT2D eigenvalue weighted by Gasteiger charge is -2.13. The molecule has 1 amide bonds. The van der Waals surface area contributed by atoms with E-state index in [4.69, 9.17) is 19.6 Å². The summed E-state index contributed by atoms with van der Waals surface area (Å²) in [4.78, 5) is 28.7. The normalized spacial score (nSPS) is 10.9. The number of halogens is 1. The minimum atomic E-state index is -1.10. The van der Waals surface area contributed by atoms with Crippen LogP contribution < -0.4 is 14.9 Å². The van der Waals surface area contributed by atoms with Crippen LogP contribution in [0.25, 0.3) is 22.2 Å². The van der Waals surface area contributed by atoms with Crippen molar-refractivity contribution in [1.29, 1.82) is 0 Å². The van der Waals surface area contributed by atoms with Gasteiger partial charge in [0.15, 0.2) is 18.1 Å². The van der Waals surface area contributed by atoms with E-state index in [1.54, 1.807) is 25.1 Å². The number of amides is 1. The first-order valence-electron chi connectivity index (χ1n) is 11.1. The predicted octanol–water partition coefficient (Wildman–Crippen LogP) is 5.29. The highest BCUT2D eigenvalue weighted by Gasteiger charge is 2.15.